The first-order valence-electron chi connectivity index (χ1n) is 19.3. The van der Waals surface area contributed by atoms with Crippen LogP contribution in [0.3, 0.4) is 0 Å². The van der Waals surface area contributed by atoms with Crippen LogP contribution < -0.4 is 0 Å². The van der Waals surface area contributed by atoms with Gasteiger partial charge >= 0.3 is 0 Å². The molecule has 57 heavy (non-hydrogen) atoms. The molecule has 2 aromatic heterocycles. The maximum Gasteiger partial charge on any atom is 0.164 e. The lowest BCUT2D eigenvalue weighted by Crippen LogP contribution is -2.02. The van der Waals surface area contributed by atoms with Crippen molar-refractivity contribution in [3.8, 4) is 62.1 Å². The van der Waals surface area contributed by atoms with Crippen LogP contribution in [0, 0.1) is 0 Å². The van der Waals surface area contributed by atoms with E-state index in [0.717, 1.165) is 44.2 Å². The van der Waals surface area contributed by atoms with E-state index < -0.39 is 0 Å². The minimum Gasteiger partial charge on any atom is -0.309 e. The van der Waals surface area contributed by atoms with E-state index in [4.69, 9.17) is 15.0 Å². The third-order valence-electron chi connectivity index (χ3n) is 11.0. The number of fused-ring (bicyclic) bond motifs is 6. The van der Waals surface area contributed by atoms with Crippen LogP contribution in [0.5, 0.6) is 0 Å². The summed E-state index contributed by atoms with van der Waals surface area (Å²) in [6.07, 6.45) is 0. The average Bonchev–Trinajstić information content (AvgIpc) is 3.63. The minimum atomic E-state index is 0.636. The van der Waals surface area contributed by atoms with E-state index in [0.29, 0.717) is 17.5 Å². The molecule has 0 aliphatic heterocycles. The number of aromatic nitrogens is 4. The van der Waals surface area contributed by atoms with Crippen LogP contribution in [-0.4, -0.2) is 19.5 Å². The summed E-state index contributed by atoms with van der Waals surface area (Å²) in [5, 5.41) is 7.10. The van der Waals surface area contributed by atoms with Crippen LogP contribution in [0.4, 0.5) is 0 Å². The molecule has 2 heterocycles. The lowest BCUT2D eigenvalue weighted by atomic mass is 9.94. The van der Waals surface area contributed by atoms with Crippen molar-refractivity contribution < 1.29 is 0 Å². The van der Waals surface area contributed by atoms with Gasteiger partial charge in [0, 0.05) is 32.8 Å². The summed E-state index contributed by atoms with van der Waals surface area (Å²) in [6.45, 7) is 0. The molecule has 0 aliphatic carbocycles. The number of benzene rings is 9. The second kappa shape index (κ2) is 13.6. The van der Waals surface area contributed by atoms with Crippen molar-refractivity contribution in [2.24, 2.45) is 0 Å². The second-order valence-corrected chi connectivity index (χ2v) is 14.4. The molecular formula is C53H34N4. The molecule has 0 amide bonds. The van der Waals surface area contributed by atoms with Crippen molar-refractivity contribution in [2.45, 2.75) is 0 Å². The fourth-order valence-corrected chi connectivity index (χ4v) is 8.41. The first-order valence-corrected chi connectivity index (χ1v) is 19.3. The summed E-state index contributed by atoms with van der Waals surface area (Å²) >= 11 is 0. The van der Waals surface area contributed by atoms with Crippen LogP contribution in [-0.2, 0) is 0 Å². The van der Waals surface area contributed by atoms with E-state index in [9.17, 15) is 0 Å². The number of rotatable bonds is 6. The van der Waals surface area contributed by atoms with E-state index in [-0.39, 0.29) is 0 Å². The summed E-state index contributed by atoms with van der Waals surface area (Å²) < 4.78 is 2.47. The number of nitrogens with zero attached hydrogens (tertiary/aromatic N) is 4. The normalized spacial score (nSPS) is 11.5. The second-order valence-electron chi connectivity index (χ2n) is 14.4. The van der Waals surface area contributed by atoms with Crippen LogP contribution in [0.15, 0.2) is 206 Å². The van der Waals surface area contributed by atoms with Gasteiger partial charge in [0.1, 0.15) is 0 Å². The monoisotopic (exact) mass is 726 g/mol. The molecule has 0 radical (unpaired) electrons. The van der Waals surface area contributed by atoms with Crippen LogP contribution >= 0.6 is 0 Å². The Morgan fingerprint density at radius 3 is 1.39 bits per heavy atom. The zero-order valence-corrected chi connectivity index (χ0v) is 30.9. The van der Waals surface area contributed by atoms with Gasteiger partial charge in [-0.15, -0.1) is 0 Å². The van der Waals surface area contributed by atoms with E-state index in [2.05, 4.69) is 174 Å². The predicted octanol–water partition coefficient (Wildman–Crippen LogP) is 13.6. The van der Waals surface area contributed by atoms with Gasteiger partial charge in [-0.25, -0.2) is 15.0 Å². The Kier molecular flexibility index (Phi) is 7.78. The van der Waals surface area contributed by atoms with E-state index in [1.807, 2.05) is 36.4 Å². The molecule has 0 atom stereocenters. The van der Waals surface area contributed by atoms with Gasteiger partial charge in [0.2, 0.25) is 0 Å². The molecular weight excluding hydrogens is 693 g/mol. The molecule has 9 aromatic carbocycles. The van der Waals surface area contributed by atoms with Gasteiger partial charge < -0.3 is 4.57 Å². The molecule has 0 unspecified atom stereocenters. The van der Waals surface area contributed by atoms with E-state index >= 15 is 0 Å². The highest BCUT2D eigenvalue weighted by atomic mass is 15.0. The molecule has 0 saturated heterocycles. The molecule has 4 nitrogen and oxygen atoms in total. The van der Waals surface area contributed by atoms with Crippen LogP contribution in [0.2, 0.25) is 0 Å². The highest BCUT2D eigenvalue weighted by molar-refractivity contribution is 6.25. The highest BCUT2D eigenvalue weighted by Gasteiger charge is 2.22. The molecule has 4 heteroatoms. The molecule has 0 aliphatic rings. The van der Waals surface area contributed by atoms with Gasteiger partial charge in [-0.3, -0.25) is 0 Å². The van der Waals surface area contributed by atoms with Crippen molar-refractivity contribution in [2.75, 3.05) is 0 Å². The van der Waals surface area contributed by atoms with Gasteiger partial charge in [0.25, 0.3) is 0 Å². The fraction of sp³-hybridized carbons (Fsp3) is 0. The number of hydrogen-bond acceptors (Lipinski definition) is 3. The Balaban J connectivity index is 1.22. The lowest BCUT2D eigenvalue weighted by Gasteiger charge is -2.16. The third-order valence-corrected chi connectivity index (χ3v) is 11.0. The smallest absolute Gasteiger partial charge is 0.164 e. The maximum absolute atomic E-state index is 5.14. The zero-order valence-electron chi connectivity index (χ0n) is 30.9. The molecule has 11 aromatic rings. The van der Waals surface area contributed by atoms with E-state index in [1.165, 1.54) is 43.8 Å². The Morgan fingerprint density at radius 1 is 0.281 bits per heavy atom. The van der Waals surface area contributed by atoms with Crippen molar-refractivity contribution in [1.29, 1.82) is 0 Å². The highest BCUT2D eigenvalue weighted by Crippen LogP contribution is 2.44. The fourth-order valence-electron chi connectivity index (χ4n) is 8.41. The molecule has 0 spiro atoms. The minimum absolute atomic E-state index is 0.636. The van der Waals surface area contributed by atoms with Gasteiger partial charge in [-0.1, -0.05) is 182 Å². The molecule has 0 saturated carbocycles. The van der Waals surface area contributed by atoms with Gasteiger partial charge in [-0.05, 0) is 62.7 Å². The van der Waals surface area contributed by atoms with Crippen molar-refractivity contribution >= 4 is 43.4 Å². The SMILES string of the molecule is c1ccc(-c2ccc3c4c5ccccc5c(-c5ccccc5)cc4n(-c4ccc(-c5nc(-c6ccccc6)nc(-c6ccccc6)n5)c5ccccc45)c3c2)cc1. The summed E-state index contributed by atoms with van der Waals surface area (Å²) in [5.74, 6) is 1.92. The Morgan fingerprint density at radius 2 is 0.772 bits per heavy atom. The van der Waals surface area contributed by atoms with E-state index in [1.54, 1.807) is 0 Å². The predicted molar refractivity (Wildman–Crippen MR) is 236 cm³/mol. The van der Waals surface area contributed by atoms with Crippen LogP contribution in [0.1, 0.15) is 0 Å². The number of hydrogen-bond donors (Lipinski definition) is 0. The van der Waals surface area contributed by atoms with Gasteiger partial charge in [0.15, 0.2) is 17.5 Å². The molecule has 0 N–H and O–H groups in total. The van der Waals surface area contributed by atoms with Crippen molar-refractivity contribution in [3.63, 3.8) is 0 Å². The summed E-state index contributed by atoms with van der Waals surface area (Å²) in [6, 6.07) is 72.9. The Bertz CT molecular complexity index is 3210. The summed E-state index contributed by atoms with van der Waals surface area (Å²) in [7, 11) is 0. The molecule has 0 bridgehead atoms. The standard InChI is InChI=1S/C53H34N4/c1-5-17-35(18-6-1)39-29-30-45-48(33-39)57(49-34-46(36-19-7-2-8-20-36)41-26-14-16-28-43(41)50(45)49)47-32-31-44(40-25-13-15-27-42(40)47)53-55-51(37-21-9-3-10-22-37)54-52(56-53)38-23-11-4-12-24-38/h1-34H. The lowest BCUT2D eigenvalue weighted by molar-refractivity contribution is 1.08. The Labute approximate surface area is 330 Å². The first kappa shape index (κ1) is 32.7. The summed E-state index contributed by atoms with van der Waals surface area (Å²) in [4.78, 5) is 15.2. The van der Waals surface area contributed by atoms with Gasteiger partial charge in [-0.2, -0.15) is 0 Å². The zero-order chi connectivity index (χ0) is 37.7. The largest absolute Gasteiger partial charge is 0.309 e. The quantitative estimate of drug-likeness (QED) is 0.171. The van der Waals surface area contributed by atoms with Crippen LogP contribution in [0.25, 0.3) is 105 Å². The average molecular weight is 727 g/mol. The summed E-state index contributed by atoms with van der Waals surface area (Å²) in [5.41, 5.74) is 11.0. The maximum atomic E-state index is 5.14. The molecule has 266 valence electrons. The van der Waals surface area contributed by atoms with Gasteiger partial charge in [0.05, 0.1) is 16.7 Å². The van der Waals surface area contributed by atoms with Crippen molar-refractivity contribution in [1.82, 2.24) is 19.5 Å². The first-order chi connectivity index (χ1) is 28.3. The third kappa shape index (κ3) is 5.58. The topological polar surface area (TPSA) is 43.6 Å². The molecule has 0 fully saturated rings. The van der Waals surface area contributed by atoms with Crippen molar-refractivity contribution in [3.05, 3.63) is 206 Å². The molecule has 11 rings (SSSR count). The Hall–Kier alpha value is -7.69.